The second kappa shape index (κ2) is 11.0. The van der Waals surface area contributed by atoms with Gasteiger partial charge < -0.3 is 15.2 Å². The summed E-state index contributed by atoms with van der Waals surface area (Å²) in [6.45, 7) is 4.06. The summed E-state index contributed by atoms with van der Waals surface area (Å²) in [6.07, 6.45) is 3.77. The monoisotopic (exact) mass is 486 g/mol. The van der Waals surface area contributed by atoms with Crippen LogP contribution in [0.25, 0.3) is 27.7 Å². The lowest BCUT2D eigenvalue weighted by atomic mass is 10.0. The van der Waals surface area contributed by atoms with Gasteiger partial charge in [0.15, 0.2) is 0 Å². The first kappa shape index (κ1) is 25.7. The molecule has 35 heavy (non-hydrogen) atoms. The predicted molar refractivity (Wildman–Crippen MR) is 130 cm³/mol. The Labute approximate surface area is 199 Å². The number of hydrogen-bond donors (Lipinski definition) is 2. The van der Waals surface area contributed by atoms with Crippen LogP contribution in [0.3, 0.4) is 0 Å². The van der Waals surface area contributed by atoms with Gasteiger partial charge in [-0.25, -0.2) is 9.97 Å². The summed E-state index contributed by atoms with van der Waals surface area (Å²) >= 11 is 0. The highest BCUT2D eigenvalue weighted by Gasteiger charge is 2.27. The molecule has 2 N–H and O–H groups in total. The number of benzene rings is 1. The number of rotatable bonds is 9. The molecule has 2 aromatic heterocycles. The fourth-order valence-electron chi connectivity index (χ4n) is 3.36. The van der Waals surface area contributed by atoms with Gasteiger partial charge in [-0.2, -0.15) is 13.2 Å². The summed E-state index contributed by atoms with van der Waals surface area (Å²) in [7, 11) is 1.50. The van der Waals surface area contributed by atoms with Crippen LogP contribution in [-0.4, -0.2) is 46.1 Å². The van der Waals surface area contributed by atoms with Crippen LogP contribution < -0.4 is 10.9 Å². The van der Waals surface area contributed by atoms with E-state index in [9.17, 15) is 18.0 Å². The SMILES string of the molecule is C=C/C(=C\C=C(/C)n1cc2cnc(NCC(F)(F)F)nc2c(-c2ccc(CCO)cc2)c1=O)OC. The lowest BCUT2D eigenvalue weighted by Crippen LogP contribution is -2.23. The fraction of sp³-hybridized carbons (Fsp3) is 0.240. The van der Waals surface area contributed by atoms with Crippen molar-refractivity contribution < 1.29 is 23.0 Å². The standard InChI is InChI=1S/C25H25F3N4O3/c1-4-20(35-3)10-5-16(2)32-14-19-13-29-24(30-15-25(26,27)28)31-22(19)21(23(32)34)18-8-6-17(7-9-18)11-12-33/h4-10,13-14,33H,1,11-12,15H2,2-3H3,(H,30,31)/b16-5+,20-10+. The van der Waals surface area contributed by atoms with E-state index in [1.54, 1.807) is 43.3 Å². The molecule has 0 aliphatic heterocycles. The number of halogens is 3. The van der Waals surface area contributed by atoms with E-state index in [0.717, 1.165) is 5.56 Å². The molecule has 0 bridgehead atoms. The highest BCUT2D eigenvalue weighted by atomic mass is 19.4. The van der Waals surface area contributed by atoms with Gasteiger partial charge in [-0.1, -0.05) is 30.8 Å². The van der Waals surface area contributed by atoms with Crippen LogP contribution in [0, 0.1) is 0 Å². The molecule has 10 heteroatoms. The first-order valence-electron chi connectivity index (χ1n) is 10.7. The molecular weight excluding hydrogens is 461 g/mol. The highest BCUT2D eigenvalue weighted by molar-refractivity contribution is 5.93. The molecule has 7 nitrogen and oxygen atoms in total. The molecule has 0 saturated heterocycles. The number of ether oxygens (including phenoxy) is 1. The maximum atomic E-state index is 13.6. The molecule has 0 unspecified atom stereocenters. The van der Waals surface area contributed by atoms with E-state index >= 15 is 0 Å². The smallest absolute Gasteiger partial charge is 0.405 e. The minimum absolute atomic E-state index is 0.0203. The molecule has 3 rings (SSSR count). The van der Waals surface area contributed by atoms with Gasteiger partial charge >= 0.3 is 6.18 Å². The molecular formula is C25H25F3N4O3. The van der Waals surface area contributed by atoms with Crippen molar-refractivity contribution in [2.24, 2.45) is 0 Å². The van der Waals surface area contributed by atoms with Crippen LogP contribution in [0.4, 0.5) is 19.1 Å². The third-order valence-electron chi connectivity index (χ3n) is 5.15. The molecule has 2 heterocycles. The van der Waals surface area contributed by atoms with Crippen molar-refractivity contribution >= 4 is 22.5 Å². The van der Waals surface area contributed by atoms with E-state index in [-0.39, 0.29) is 23.6 Å². The van der Waals surface area contributed by atoms with Gasteiger partial charge in [0.1, 0.15) is 12.3 Å². The molecule has 0 aliphatic carbocycles. The molecule has 0 atom stereocenters. The maximum Gasteiger partial charge on any atom is 0.405 e. The number of hydrogen-bond acceptors (Lipinski definition) is 6. The Morgan fingerprint density at radius 1 is 1.26 bits per heavy atom. The number of nitrogens with one attached hydrogen (secondary N) is 1. The average molecular weight is 486 g/mol. The minimum Gasteiger partial charge on any atom is -0.497 e. The first-order chi connectivity index (χ1) is 16.7. The molecule has 0 radical (unpaired) electrons. The van der Waals surface area contributed by atoms with E-state index in [1.807, 2.05) is 0 Å². The Morgan fingerprint density at radius 2 is 1.97 bits per heavy atom. The number of anilines is 1. The largest absolute Gasteiger partial charge is 0.497 e. The van der Waals surface area contributed by atoms with Crippen LogP contribution in [0.1, 0.15) is 12.5 Å². The van der Waals surface area contributed by atoms with Gasteiger partial charge in [0.05, 0.1) is 18.2 Å². The molecule has 0 fully saturated rings. The molecule has 0 aliphatic rings. The number of pyridine rings is 1. The van der Waals surface area contributed by atoms with Gasteiger partial charge in [0.2, 0.25) is 5.95 Å². The molecule has 184 valence electrons. The Morgan fingerprint density at radius 3 is 2.57 bits per heavy atom. The quantitative estimate of drug-likeness (QED) is 0.341. The molecule has 0 spiro atoms. The summed E-state index contributed by atoms with van der Waals surface area (Å²) < 4.78 is 44.6. The molecule has 1 aromatic carbocycles. The van der Waals surface area contributed by atoms with Gasteiger partial charge in [0.25, 0.3) is 5.56 Å². The zero-order valence-corrected chi connectivity index (χ0v) is 19.3. The van der Waals surface area contributed by atoms with Crippen LogP contribution in [0.15, 0.2) is 72.0 Å². The number of aliphatic hydroxyl groups excluding tert-OH is 1. The summed E-state index contributed by atoms with van der Waals surface area (Å²) in [4.78, 5) is 21.8. The van der Waals surface area contributed by atoms with Crippen molar-refractivity contribution in [1.82, 2.24) is 14.5 Å². The number of fused-ring (bicyclic) bond motifs is 1. The zero-order valence-electron chi connectivity index (χ0n) is 19.3. The average Bonchev–Trinajstić information content (AvgIpc) is 2.83. The lowest BCUT2D eigenvalue weighted by Gasteiger charge is -2.14. The van der Waals surface area contributed by atoms with E-state index in [2.05, 4.69) is 21.9 Å². The topological polar surface area (TPSA) is 89.3 Å². The molecule has 0 saturated carbocycles. The van der Waals surface area contributed by atoms with Crippen molar-refractivity contribution in [2.45, 2.75) is 19.5 Å². The number of alkyl halides is 3. The number of aliphatic hydroxyl groups is 1. The first-order valence-corrected chi connectivity index (χ1v) is 10.7. The van der Waals surface area contributed by atoms with Crippen molar-refractivity contribution in [3.05, 3.63) is 83.1 Å². The van der Waals surface area contributed by atoms with E-state index in [4.69, 9.17) is 9.84 Å². The Balaban J connectivity index is 2.22. The van der Waals surface area contributed by atoms with E-state index < -0.39 is 18.3 Å². The lowest BCUT2D eigenvalue weighted by molar-refractivity contribution is -0.115. The number of nitrogens with zero attached hydrogens (tertiary/aromatic N) is 3. The van der Waals surface area contributed by atoms with Crippen molar-refractivity contribution in [2.75, 3.05) is 25.6 Å². The van der Waals surface area contributed by atoms with Crippen LogP contribution in [-0.2, 0) is 11.2 Å². The third-order valence-corrected chi connectivity index (χ3v) is 5.15. The van der Waals surface area contributed by atoms with Gasteiger partial charge in [-0.15, -0.1) is 0 Å². The van der Waals surface area contributed by atoms with Gasteiger partial charge in [-0.3, -0.25) is 9.36 Å². The molecule has 3 aromatic rings. The van der Waals surface area contributed by atoms with Crippen molar-refractivity contribution in [1.29, 1.82) is 0 Å². The summed E-state index contributed by atoms with van der Waals surface area (Å²) in [6, 6.07) is 6.99. The molecule has 0 amide bonds. The van der Waals surface area contributed by atoms with Crippen LogP contribution in [0.2, 0.25) is 0 Å². The fourth-order valence-corrected chi connectivity index (χ4v) is 3.36. The Bertz CT molecular complexity index is 1330. The minimum atomic E-state index is -4.45. The van der Waals surface area contributed by atoms with Gasteiger partial charge in [-0.05, 0) is 42.7 Å². The second-order valence-corrected chi connectivity index (χ2v) is 7.60. The number of methoxy groups -OCH3 is 1. The van der Waals surface area contributed by atoms with E-state index in [1.165, 1.54) is 30.1 Å². The predicted octanol–water partition coefficient (Wildman–Crippen LogP) is 4.54. The number of allylic oxidation sites excluding steroid dienone is 4. The van der Waals surface area contributed by atoms with Crippen LogP contribution >= 0.6 is 0 Å². The van der Waals surface area contributed by atoms with Crippen molar-refractivity contribution in [3.8, 4) is 11.1 Å². The normalized spacial score (nSPS) is 12.6. The Hall–Kier alpha value is -3.92. The highest BCUT2D eigenvalue weighted by Crippen LogP contribution is 2.26. The van der Waals surface area contributed by atoms with E-state index in [0.29, 0.717) is 28.8 Å². The Kier molecular flexibility index (Phi) is 8.08. The van der Waals surface area contributed by atoms with Crippen molar-refractivity contribution in [3.63, 3.8) is 0 Å². The number of aromatic nitrogens is 3. The third kappa shape index (κ3) is 6.36. The second-order valence-electron chi connectivity index (χ2n) is 7.60. The summed E-state index contributed by atoms with van der Waals surface area (Å²) in [5, 5.41) is 11.8. The van der Waals surface area contributed by atoms with Crippen LogP contribution in [0.5, 0.6) is 0 Å². The maximum absolute atomic E-state index is 13.6. The van der Waals surface area contributed by atoms with Gasteiger partial charge in [0, 0.05) is 30.1 Å². The zero-order chi connectivity index (χ0) is 25.6. The summed E-state index contributed by atoms with van der Waals surface area (Å²) in [5.74, 6) is 0.262. The summed E-state index contributed by atoms with van der Waals surface area (Å²) in [5.41, 5.74) is 1.98.